The lowest BCUT2D eigenvalue weighted by molar-refractivity contribution is 0.178. The Hall–Kier alpha value is -3.22. The van der Waals surface area contributed by atoms with Gasteiger partial charge in [-0.25, -0.2) is 14.5 Å². The fourth-order valence-corrected chi connectivity index (χ4v) is 4.23. The average molecular weight is 363 g/mol. The molecule has 3 aromatic rings. The standard InChI is InChI=1S/C20H18FN5O/c21-19-17-12-15-6-7-18(16(17)8-10-22-19)26(15)20(27)24-13-2-4-14(5-3-13)25-11-1-9-23-25/h1-5,8-11,15,18H,6-7,12H2,(H,24,27)/t15-,18+/m0/s1. The van der Waals surface area contributed by atoms with E-state index in [2.05, 4.69) is 15.4 Å². The van der Waals surface area contributed by atoms with E-state index in [1.54, 1.807) is 10.9 Å². The quantitative estimate of drug-likeness (QED) is 0.706. The Morgan fingerprint density at radius 1 is 1.15 bits per heavy atom. The third kappa shape index (κ3) is 2.66. The van der Waals surface area contributed by atoms with Crippen LogP contribution in [0.3, 0.4) is 0 Å². The summed E-state index contributed by atoms with van der Waals surface area (Å²) in [6.07, 6.45) is 7.33. The number of amides is 2. The fourth-order valence-electron chi connectivity index (χ4n) is 4.23. The van der Waals surface area contributed by atoms with Crippen molar-refractivity contribution in [1.29, 1.82) is 0 Å². The van der Waals surface area contributed by atoms with E-state index in [-0.39, 0.29) is 18.1 Å². The highest BCUT2D eigenvalue weighted by Gasteiger charge is 2.43. The second-order valence-corrected chi connectivity index (χ2v) is 6.96. The van der Waals surface area contributed by atoms with Crippen LogP contribution in [0.1, 0.15) is 30.0 Å². The molecule has 2 aromatic heterocycles. The highest BCUT2D eigenvalue weighted by molar-refractivity contribution is 5.90. The molecule has 7 heteroatoms. The van der Waals surface area contributed by atoms with Gasteiger partial charge in [-0.15, -0.1) is 0 Å². The molecule has 2 atom stereocenters. The van der Waals surface area contributed by atoms with Crippen LogP contribution < -0.4 is 5.32 Å². The van der Waals surface area contributed by atoms with Crippen molar-refractivity contribution < 1.29 is 9.18 Å². The summed E-state index contributed by atoms with van der Waals surface area (Å²) in [5.74, 6) is -0.404. The Bertz CT molecular complexity index is 986. The van der Waals surface area contributed by atoms with E-state index in [4.69, 9.17) is 0 Å². The molecule has 0 unspecified atom stereocenters. The average Bonchev–Trinajstić information content (AvgIpc) is 3.31. The minimum Gasteiger partial charge on any atom is -0.314 e. The Morgan fingerprint density at radius 3 is 2.78 bits per heavy atom. The lowest BCUT2D eigenvalue weighted by Gasteiger charge is -2.36. The minimum atomic E-state index is -0.404. The predicted octanol–water partition coefficient (Wildman–Crippen LogP) is 3.70. The summed E-state index contributed by atoms with van der Waals surface area (Å²) in [4.78, 5) is 18.6. The number of urea groups is 1. The van der Waals surface area contributed by atoms with Crippen LogP contribution in [0, 0.1) is 5.95 Å². The molecule has 2 aliphatic heterocycles. The second-order valence-electron chi connectivity index (χ2n) is 6.96. The zero-order valence-corrected chi connectivity index (χ0v) is 14.5. The molecule has 136 valence electrons. The Kier molecular flexibility index (Phi) is 3.67. The number of hydrogen-bond donors (Lipinski definition) is 1. The molecule has 0 radical (unpaired) electrons. The van der Waals surface area contributed by atoms with Gasteiger partial charge in [-0.1, -0.05) is 0 Å². The molecule has 0 saturated carbocycles. The van der Waals surface area contributed by atoms with Gasteiger partial charge in [-0.3, -0.25) is 0 Å². The molecular weight excluding hydrogens is 345 g/mol. The van der Waals surface area contributed by atoms with Crippen molar-refractivity contribution in [3.05, 3.63) is 72.1 Å². The summed E-state index contributed by atoms with van der Waals surface area (Å²) in [5.41, 5.74) is 3.20. The number of nitrogens with zero attached hydrogens (tertiary/aromatic N) is 4. The van der Waals surface area contributed by atoms with Crippen LogP contribution in [-0.4, -0.2) is 31.7 Å². The molecule has 2 amide bonds. The van der Waals surface area contributed by atoms with Gasteiger partial charge in [0.05, 0.1) is 11.7 Å². The van der Waals surface area contributed by atoms with E-state index < -0.39 is 5.95 Å². The topological polar surface area (TPSA) is 63.1 Å². The molecule has 1 saturated heterocycles. The van der Waals surface area contributed by atoms with Crippen molar-refractivity contribution in [2.75, 3.05) is 5.32 Å². The number of pyridine rings is 1. The van der Waals surface area contributed by atoms with Gasteiger partial charge in [0.25, 0.3) is 0 Å². The largest absolute Gasteiger partial charge is 0.322 e. The number of anilines is 1. The van der Waals surface area contributed by atoms with Crippen LogP contribution in [0.5, 0.6) is 0 Å². The third-order valence-corrected chi connectivity index (χ3v) is 5.46. The molecule has 1 aromatic carbocycles. The van der Waals surface area contributed by atoms with Gasteiger partial charge in [0.15, 0.2) is 0 Å². The maximum atomic E-state index is 14.0. The lowest BCUT2D eigenvalue weighted by atomic mass is 9.95. The normalized spacial score (nSPS) is 20.4. The van der Waals surface area contributed by atoms with Gasteiger partial charge in [0, 0.05) is 35.9 Å². The van der Waals surface area contributed by atoms with Crippen molar-refractivity contribution in [1.82, 2.24) is 19.7 Å². The number of benzene rings is 1. The van der Waals surface area contributed by atoms with Crippen molar-refractivity contribution in [2.24, 2.45) is 0 Å². The maximum Gasteiger partial charge on any atom is 0.322 e. The molecule has 2 aliphatic rings. The van der Waals surface area contributed by atoms with Gasteiger partial charge >= 0.3 is 6.03 Å². The Balaban J connectivity index is 1.36. The predicted molar refractivity (Wildman–Crippen MR) is 98.1 cm³/mol. The van der Waals surface area contributed by atoms with E-state index in [0.29, 0.717) is 12.0 Å². The smallest absolute Gasteiger partial charge is 0.314 e. The number of halogens is 1. The Labute approximate surface area is 155 Å². The molecule has 4 heterocycles. The summed E-state index contributed by atoms with van der Waals surface area (Å²) < 4.78 is 15.8. The van der Waals surface area contributed by atoms with Crippen LogP contribution in [0.25, 0.3) is 5.69 Å². The molecule has 6 nitrogen and oxygen atoms in total. The van der Waals surface area contributed by atoms with Gasteiger partial charge in [0.2, 0.25) is 5.95 Å². The zero-order valence-electron chi connectivity index (χ0n) is 14.5. The van der Waals surface area contributed by atoms with E-state index in [0.717, 1.165) is 29.8 Å². The first kappa shape index (κ1) is 16.0. The van der Waals surface area contributed by atoms with Crippen LogP contribution >= 0.6 is 0 Å². The lowest BCUT2D eigenvalue weighted by Crippen LogP contribution is -2.44. The van der Waals surface area contributed by atoms with Gasteiger partial charge in [0.1, 0.15) is 0 Å². The number of aromatic nitrogens is 3. The van der Waals surface area contributed by atoms with Crippen molar-refractivity contribution >= 4 is 11.7 Å². The van der Waals surface area contributed by atoms with E-state index >= 15 is 0 Å². The number of fused-ring (bicyclic) bond motifs is 4. The first-order valence-electron chi connectivity index (χ1n) is 9.03. The molecule has 1 N–H and O–H groups in total. The molecule has 1 fully saturated rings. The first-order chi connectivity index (χ1) is 13.2. The van der Waals surface area contributed by atoms with E-state index in [9.17, 15) is 9.18 Å². The summed E-state index contributed by atoms with van der Waals surface area (Å²) in [6.45, 7) is 0. The minimum absolute atomic E-state index is 0.0181. The number of nitrogens with one attached hydrogen (secondary N) is 1. The number of carbonyl (C=O) groups excluding carboxylic acids is 1. The Morgan fingerprint density at radius 2 is 2.00 bits per heavy atom. The third-order valence-electron chi connectivity index (χ3n) is 5.46. The fraction of sp³-hybridized carbons (Fsp3) is 0.250. The highest BCUT2D eigenvalue weighted by Crippen LogP contribution is 2.44. The van der Waals surface area contributed by atoms with Crippen molar-refractivity contribution in [2.45, 2.75) is 31.3 Å². The van der Waals surface area contributed by atoms with Gasteiger partial charge in [-0.05, 0) is 61.2 Å². The second kappa shape index (κ2) is 6.19. The molecule has 2 bridgehead atoms. The van der Waals surface area contributed by atoms with Gasteiger partial charge in [-0.2, -0.15) is 9.49 Å². The van der Waals surface area contributed by atoms with E-state index in [1.165, 1.54) is 6.20 Å². The van der Waals surface area contributed by atoms with Crippen LogP contribution in [0.4, 0.5) is 14.9 Å². The number of carbonyl (C=O) groups is 1. The zero-order chi connectivity index (χ0) is 18.4. The number of hydrogen-bond acceptors (Lipinski definition) is 3. The van der Waals surface area contributed by atoms with Crippen LogP contribution in [0.2, 0.25) is 0 Å². The van der Waals surface area contributed by atoms with Crippen LogP contribution in [0.15, 0.2) is 55.0 Å². The molecule has 27 heavy (non-hydrogen) atoms. The number of rotatable bonds is 2. The van der Waals surface area contributed by atoms with Crippen molar-refractivity contribution in [3.8, 4) is 5.69 Å². The first-order valence-corrected chi connectivity index (χ1v) is 9.03. The molecular formula is C20H18FN5O. The summed E-state index contributed by atoms with van der Waals surface area (Å²) >= 11 is 0. The molecule has 5 rings (SSSR count). The molecule has 0 spiro atoms. The maximum absolute atomic E-state index is 14.0. The van der Waals surface area contributed by atoms with Crippen LogP contribution in [-0.2, 0) is 6.42 Å². The van der Waals surface area contributed by atoms with E-state index in [1.807, 2.05) is 47.5 Å². The monoisotopic (exact) mass is 363 g/mol. The SMILES string of the molecule is O=C(Nc1ccc(-n2cccn2)cc1)N1[C@H]2CC[C@@H]1c1ccnc(F)c1C2. The van der Waals surface area contributed by atoms with Crippen molar-refractivity contribution in [3.63, 3.8) is 0 Å². The summed E-state index contributed by atoms with van der Waals surface area (Å²) in [7, 11) is 0. The summed E-state index contributed by atoms with van der Waals surface area (Å²) in [5, 5.41) is 7.17. The highest BCUT2D eigenvalue weighted by atomic mass is 19.1. The molecule has 0 aliphatic carbocycles. The summed E-state index contributed by atoms with van der Waals surface area (Å²) in [6, 6.07) is 11.0. The van der Waals surface area contributed by atoms with Gasteiger partial charge < -0.3 is 10.2 Å².